The fraction of sp³-hybridized carbons (Fsp3) is 0.208. The Morgan fingerprint density at radius 3 is 2.60 bits per heavy atom. The summed E-state index contributed by atoms with van der Waals surface area (Å²) in [4.78, 5) is 4.68. The molecule has 0 amide bonds. The Balaban J connectivity index is 1.75. The summed E-state index contributed by atoms with van der Waals surface area (Å²) >= 11 is 12.5. The number of aliphatic imine (C=N–C) groups is 1. The average Bonchev–Trinajstić information content (AvgIpc) is 3.07. The smallest absolute Gasteiger partial charge is 0.130 e. The number of benzene rings is 3. The Hall–Kier alpha value is -2.27. The summed E-state index contributed by atoms with van der Waals surface area (Å²) in [6, 6.07) is 16.7. The third-order valence-corrected chi connectivity index (χ3v) is 6.67. The van der Waals surface area contributed by atoms with E-state index < -0.39 is 23.1 Å². The topological polar surface area (TPSA) is 24.4 Å². The van der Waals surface area contributed by atoms with E-state index in [0.717, 1.165) is 29.3 Å². The van der Waals surface area contributed by atoms with E-state index in [1.165, 1.54) is 12.1 Å². The number of hydrogen-bond donors (Lipinski definition) is 1. The Morgan fingerprint density at radius 2 is 1.80 bits per heavy atom. The molecule has 0 aliphatic carbocycles. The molecule has 0 saturated carbocycles. The fourth-order valence-corrected chi connectivity index (χ4v) is 5.35. The third-order valence-electron chi connectivity index (χ3n) is 6.20. The zero-order chi connectivity index (χ0) is 20.9. The van der Waals surface area contributed by atoms with Crippen molar-refractivity contribution in [1.82, 2.24) is 5.32 Å². The molecule has 2 heterocycles. The van der Waals surface area contributed by atoms with Crippen molar-refractivity contribution in [1.29, 1.82) is 0 Å². The number of fused-ring (bicyclic) bond motifs is 2. The van der Waals surface area contributed by atoms with E-state index >= 15 is 0 Å². The van der Waals surface area contributed by atoms with Gasteiger partial charge in [-0.1, -0.05) is 47.5 Å². The first-order valence-corrected chi connectivity index (χ1v) is 10.5. The zero-order valence-electron chi connectivity index (χ0n) is 15.9. The van der Waals surface area contributed by atoms with Crippen LogP contribution in [0.4, 0.5) is 14.5 Å². The average molecular weight is 443 g/mol. The maximum Gasteiger partial charge on any atom is 0.130 e. The molecule has 0 radical (unpaired) electrons. The van der Waals surface area contributed by atoms with Gasteiger partial charge in [0.2, 0.25) is 0 Å². The van der Waals surface area contributed by atoms with Crippen LogP contribution in [0.2, 0.25) is 10.0 Å². The van der Waals surface area contributed by atoms with Crippen molar-refractivity contribution < 1.29 is 8.78 Å². The van der Waals surface area contributed by atoms with Gasteiger partial charge in [-0.25, -0.2) is 8.78 Å². The van der Waals surface area contributed by atoms with Gasteiger partial charge >= 0.3 is 0 Å². The van der Waals surface area contributed by atoms with Crippen LogP contribution >= 0.6 is 23.2 Å². The maximum atomic E-state index is 14.9. The van der Waals surface area contributed by atoms with E-state index in [1.54, 1.807) is 0 Å². The van der Waals surface area contributed by atoms with Crippen molar-refractivity contribution in [3.05, 3.63) is 99.0 Å². The third kappa shape index (κ3) is 3.06. The molecule has 3 atom stereocenters. The van der Waals surface area contributed by atoms with Crippen molar-refractivity contribution in [3.8, 4) is 0 Å². The molecule has 5 rings (SSSR count). The van der Waals surface area contributed by atoms with Crippen LogP contribution in [0.3, 0.4) is 0 Å². The van der Waals surface area contributed by atoms with Crippen molar-refractivity contribution in [2.24, 2.45) is 4.99 Å². The summed E-state index contributed by atoms with van der Waals surface area (Å²) in [6.07, 6.45) is 2.72. The first kappa shape index (κ1) is 19.7. The van der Waals surface area contributed by atoms with Gasteiger partial charge in [-0.3, -0.25) is 4.99 Å². The number of halogens is 4. The van der Waals surface area contributed by atoms with E-state index in [4.69, 9.17) is 23.2 Å². The molecule has 6 heteroatoms. The number of nitrogens with one attached hydrogen (secondary N) is 1. The van der Waals surface area contributed by atoms with Gasteiger partial charge in [-0.15, -0.1) is 0 Å². The SMILES string of the molecule is Fc1ccc([C@@H]2NCC[C@@H](c3cccc(Cl)c3)[C@]23C=Nc2cc(Cl)ccc23)c(F)c1. The standard InChI is InChI=1S/C24H18Cl2F2N2/c25-15-3-1-2-14(10-15)19-8-9-29-23(18-6-5-17(27)12-21(18)28)24(19)13-30-22-11-16(26)4-7-20(22)24/h1-7,10-13,19,23,29H,8-9H2/t19-,23-,24-/m0/s1. The van der Waals surface area contributed by atoms with Gasteiger partial charge in [-0.05, 0) is 54.4 Å². The van der Waals surface area contributed by atoms with E-state index in [1.807, 2.05) is 48.7 Å². The fourth-order valence-electron chi connectivity index (χ4n) is 4.98. The highest BCUT2D eigenvalue weighted by molar-refractivity contribution is 6.31. The summed E-state index contributed by atoms with van der Waals surface area (Å²) < 4.78 is 28.6. The van der Waals surface area contributed by atoms with Crippen LogP contribution < -0.4 is 5.32 Å². The maximum absolute atomic E-state index is 14.9. The molecule has 2 aliphatic rings. The molecular formula is C24H18Cl2F2N2. The molecule has 3 aromatic rings. The highest BCUT2D eigenvalue weighted by Crippen LogP contribution is 2.56. The lowest BCUT2D eigenvalue weighted by Crippen LogP contribution is -2.51. The Bertz CT molecular complexity index is 1160. The van der Waals surface area contributed by atoms with E-state index in [9.17, 15) is 8.78 Å². The first-order valence-electron chi connectivity index (χ1n) is 9.78. The highest BCUT2D eigenvalue weighted by Gasteiger charge is 2.52. The second kappa shape index (κ2) is 7.45. The summed E-state index contributed by atoms with van der Waals surface area (Å²) in [6.45, 7) is 0.678. The zero-order valence-corrected chi connectivity index (χ0v) is 17.4. The van der Waals surface area contributed by atoms with Crippen LogP contribution in [0, 0.1) is 11.6 Å². The lowest BCUT2D eigenvalue weighted by Gasteiger charge is -2.47. The van der Waals surface area contributed by atoms with E-state index in [0.29, 0.717) is 22.2 Å². The predicted molar refractivity (Wildman–Crippen MR) is 117 cm³/mol. The molecular weight excluding hydrogens is 425 g/mol. The Morgan fingerprint density at radius 1 is 0.967 bits per heavy atom. The van der Waals surface area contributed by atoms with Gasteiger partial charge in [0, 0.05) is 33.8 Å². The second-order valence-corrected chi connectivity index (χ2v) is 8.67. The summed E-state index contributed by atoms with van der Waals surface area (Å²) in [5, 5.41) is 4.72. The van der Waals surface area contributed by atoms with Crippen LogP contribution in [0.1, 0.15) is 35.1 Å². The van der Waals surface area contributed by atoms with Gasteiger partial charge in [0.25, 0.3) is 0 Å². The predicted octanol–water partition coefficient (Wildman–Crippen LogP) is 6.74. The number of nitrogens with zero attached hydrogens (tertiary/aromatic N) is 1. The Kier molecular flexibility index (Phi) is 4.89. The van der Waals surface area contributed by atoms with E-state index in [2.05, 4.69) is 10.3 Å². The molecule has 0 bridgehead atoms. The van der Waals surface area contributed by atoms with Crippen LogP contribution in [-0.2, 0) is 5.41 Å². The van der Waals surface area contributed by atoms with Crippen molar-refractivity contribution in [2.45, 2.75) is 23.8 Å². The second-order valence-electron chi connectivity index (χ2n) is 7.80. The van der Waals surface area contributed by atoms with Crippen LogP contribution in [-0.4, -0.2) is 12.8 Å². The van der Waals surface area contributed by atoms with Gasteiger partial charge in [0.15, 0.2) is 0 Å². The van der Waals surface area contributed by atoms with Gasteiger partial charge in [-0.2, -0.15) is 0 Å². The molecule has 1 spiro atoms. The van der Waals surface area contributed by atoms with Crippen LogP contribution in [0.5, 0.6) is 0 Å². The summed E-state index contributed by atoms with van der Waals surface area (Å²) in [5.41, 5.74) is 2.55. The number of rotatable bonds is 2. The van der Waals surface area contributed by atoms with E-state index in [-0.39, 0.29) is 5.92 Å². The highest BCUT2D eigenvalue weighted by atomic mass is 35.5. The van der Waals surface area contributed by atoms with Crippen LogP contribution in [0.25, 0.3) is 0 Å². The molecule has 2 nitrogen and oxygen atoms in total. The minimum absolute atomic E-state index is 0.00178. The molecule has 1 fully saturated rings. The number of hydrogen-bond acceptors (Lipinski definition) is 2. The summed E-state index contributed by atoms with van der Waals surface area (Å²) in [7, 11) is 0. The molecule has 0 aromatic heterocycles. The monoisotopic (exact) mass is 442 g/mol. The minimum Gasteiger partial charge on any atom is -0.309 e. The molecule has 2 aliphatic heterocycles. The lowest BCUT2D eigenvalue weighted by atomic mass is 9.60. The molecule has 1 saturated heterocycles. The van der Waals surface area contributed by atoms with Gasteiger partial charge in [0.1, 0.15) is 11.6 Å². The van der Waals surface area contributed by atoms with Crippen molar-refractivity contribution in [3.63, 3.8) is 0 Å². The van der Waals surface area contributed by atoms with Crippen LogP contribution in [0.15, 0.2) is 65.7 Å². The normalized spacial score (nSPS) is 24.9. The molecule has 1 N–H and O–H groups in total. The van der Waals surface area contributed by atoms with Crippen molar-refractivity contribution in [2.75, 3.05) is 6.54 Å². The molecule has 152 valence electrons. The van der Waals surface area contributed by atoms with Crippen molar-refractivity contribution >= 4 is 35.1 Å². The largest absolute Gasteiger partial charge is 0.309 e. The quantitative estimate of drug-likeness (QED) is 0.466. The first-order chi connectivity index (χ1) is 14.5. The lowest BCUT2D eigenvalue weighted by molar-refractivity contribution is 0.264. The molecule has 0 unspecified atom stereocenters. The van der Waals surface area contributed by atoms with Gasteiger partial charge < -0.3 is 5.32 Å². The Labute approximate surface area is 183 Å². The summed E-state index contributed by atoms with van der Waals surface area (Å²) in [5.74, 6) is -1.17. The van der Waals surface area contributed by atoms with Gasteiger partial charge in [0.05, 0.1) is 17.1 Å². The number of piperidine rings is 1. The molecule has 3 aromatic carbocycles. The minimum atomic E-state index is -0.665. The molecule has 30 heavy (non-hydrogen) atoms.